The second kappa shape index (κ2) is 6.12. The molecular formula is C15H17BrN2. The van der Waals surface area contributed by atoms with E-state index in [1.54, 1.807) is 0 Å². The summed E-state index contributed by atoms with van der Waals surface area (Å²) < 4.78 is 1.16. The van der Waals surface area contributed by atoms with E-state index in [0.29, 0.717) is 6.04 Å². The molecule has 1 N–H and O–H groups in total. The molecule has 0 saturated carbocycles. The standard InChI is InChI=1S/C15H17BrN2/c1-11-3-4-14(15(16)9-11)10-18-12(2)13-5-7-17-8-6-13/h3-9,12,18H,10H2,1-2H3. The van der Waals surface area contributed by atoms with Gasteiger partial charge in [0.2, 0.25) is 0 Å². The quantitative estimate of drug-likeness (QED) is 0.923. The van der Waals surface area contributed by atoms with Crippen LogP contribution >= 0.6 is 15.9 Å². The molecule has 0 fully saturated rings. The third-order valence-electron chi connectivity index (χ3n) is 3.01. The van der Waals surface area contributed by atoms with Gasteiger partial charge in [-0.15, -0.1) is 0 Å². The van der Waals surface area contributed by atoms with Crippen molar-refractivity contribution in [3.05, 3.63) is 63.9 Å². The highest BCUT2D eigenvalue weighted by Crippen LogP contribution is 2.19. The van der Waals surface area contributed by atoms with E-state index in [1.165, 1.54) is 16.7 Å². The monoisotopic (exact) mass is 304 g/mol. The van der Waals surface area contributed by atoms with Crippen LogP contribution in [0.5, 0.6) is 0 Å². The molecule has 2 rings (SSSR count). The first-order valence-electron chi connectivity index (χ1n) is 6.05. The first kappa shape index (κ1) is 13.2. The molecule has 1 aromatic carbocycles. The average molecular weight is 305 g/mol. The van der Waals surface area contributed by atoms with Crippen molar-refractivity contribution in [2.24, 2.45) is 0 Å². The number of benzene rings is 1. The summed E-state index contributed by atoms with van der Waals surface area (Å²) in [5, 5.41) is 3.52. The minimum Gasteiger partial charge on any atom is -0.306 e. The van der Waals surface area contributed by atoms with E-state index in [4.69, 9.17) is 0 Å². The Kier molecular flexibility index (Phi) is 4.50. The van der Waals surface area contributed by atoms with Crippen LogP contribution in [0, 0.1) is 6.92 Å². The van der Waals surface area contributed by atoms with Crippen LogP contribution in [0.1, 0.15) is 29.7 Å². The van der Waals surface area contributed by atoms with Crippen LogP contribution in [-0.4, -0.2) is 4.98 Å². The molecular weight excluding hydrogens is 288 g/mol. The van der Waals surface area contributed by atoms with Crippen molar-refractivity contribution in [2.75, 3.05) is 0 Å². The lowest BCUT2D eigenvalue weighted by Crippen LogP contribution is -2.18. The number of nitrogens with zero attached hydrogens (tertiary/aromatic N) is 1. The molecule has 1 heterocycles. The van der Waals surface area contributed by atoms with Gasteiger partial charge in [-0.1, -0.05) is 28.1 Å². The van der Waals surface area contributed by atoms with E-state index in [0.717, 1.165) is 11.0 Å². The van der Waals surface area contributed by atoms with E-state index in [9.17, 15) is 0 Å². The van der Waals surface area contributed by atoms with Gasteiger partial charge in [0.05, 0.1) is 0 Å². The second-order valence-electron chi connectivity index (χ2n) is 4.48. The fourth-order valence-corrected chi connectivity index (χ4v) is 2.46. The van der Waals surface area contributed by atoms with Crippen molar-refractivity contribution < 1.29 is 0 Å². The maximum atomic E-state index is 4.03. The number of nitrogens with one attached hydrogen (secondary N) is 1. The summed E-state index contributed by atoms with van der Waals surface area (Å²) in [5.74, 6) is 0. The van der Waals surface area contributed by atoms with Crippen molar-refractivity contribution in [1.29, 1.82) is 0 Å². The molecule has 94 valence electrons. The van der Waals surface area contributed by atoms with Gasteiger partial charge in [0.1, 0.15) is 0 Å². The van der Waals surface area contributed by atoms with Crippen LogP contribution in [0.4, 0.5) is 0 Å². The summed E-state index contributed by atoms with van der Waals surface area (Å²) in [5.41, 5.74) is 3.81. The number of halogens is 1. The number of hydrogen-bond acceptors (Lipinski definition) is 2. The predicted octanol–water partition coefficient (Wildman–Crippen LogP) is 4.00. The lowest BCUT2D eigenvalue weighted by molar-refractivity contribution is 0.573. The molecule has 0 aliphatic rings. The number of aryl methyl sites for hydroxylation is 1. The summed E-state index contributed by atoms with van der Waals surface area (Å²) in [6.07, 6.45) is 3.66. The van der Waals surface area contributed by atoms with Crippen LogP contribution in [0.3, 0.4) is 0 Å². The molecule has 0 aliphatic carbocycles. The minimum atomic E-state index is 0.321. The minimum absolute atomic E-state index is 0.321. The maximum absolute atomic E-state index is 4.03. The van der Waals surface area contributed by atoms with Crippen molar-refractivity contribution >= 4 is 15.9 Å². The van der Waals surface area contributed by atoms with Crippen molar-refractivity contribution in [3.8, 4) is 0 Å². The van der Waals surface area contributed by atoms with E-state index >= 15 is 0 Å². The third kappa shape index (κ3) is 3.40. The molecule has 0 radical (unpaired) electrons. The Morgan fingerprint density at radius 1 is 1.22 bits per heavy atom. The zero-order valence-corrected chi connectivity index (χ0v) is 12.2. The summed E-state index contributed by atoms with van der Waals surface area (Å²) in [7, 11) is 0. The van der Waals surface area contributed by atoms with Crippen LogP contribution in [0.15, 0.2) is 47.2 Å². The van der Waals surface area contributed by atoms with Gasteiger partial charge in [0.25, 0.3) is 0 Å². The molecule has 0 aliphatic heterocycles. The van der Waals surface area contributed by atoms with Gasteiger partial charge in [-0.3, -0.25) is 4.98 Å². The topological polar surface area (TPSA) is 24.9 Å². The molecule has 2 nitrogen and oxygen atoms in total. The van der Waals surface area contributed by atoms with Gasteiger partial charge in [-0.2, -0.15) is 0 Å². The molecule has 18 heavy (non-hydrogen) atoms. The molecule has 1 unspecified atom stereocenters. The van der Waals surface area contributed by atoms with Gasteiger partial charge in [0.15, 0.2) is 0 Å². The summed E-state index contributed by atoms with van der Waals surface area (Å²) in [6, 6.07) is 10.9. The number of pyridine rings is 1. The summed E-state index contributed by atoms with van der Waals surface area (Å²) >= 11 is 3.60. The molecule has 0 saturated heterocycles. The molecule has 3 heteroatoms. The largest absolute Gasteiger partial charge is 0.306 e. The van der Waals surface area contributed by atoms with Gasteiger partial charge in [0, 0.05) is 29.5 Å². The lowest BCUT2D eigenvalue weighted by Gasteiger charge is -2.15. The summed E-state index contributed by atoms with van der Waals surface area (Å²) in [6.45, 7) is 5.11. The van der Waals surface area contributed by atoms with Crippen molar-refractivity contribution in [3.63, 3.8) is 0 Å². The Morgan fingerprint density at radius 2 is 1.94 bits per heavy atom. The van der Waals surface area contributed by atoms with E-state index in [2.05, 4.69) is 58.3 Å². The van der Waals surface area contributed by atoms with Crippen molar-refractivity contribution in [1.82, 2.24) is 10.3 Å². The van der Waals surface area contributed by atoms with Crippen LogP contribution in [0.25, 0.3) is 0 Å². The van der Waals surface area contributed by atoms with Gasteiger partial charge in [-0.05, 0) is 48.7 Å². The van der Waals surface area contributed by atoms with Gasteiger partial charge >= 0.3 is 0 Å². The normalized spacial score (nSPS) is 12.4. The summed E-state index contributed by atoms with van der Waals surface area (Å²) in [4.78, 5) is 4.03. The fourth-order valence-electron chi connectivity index (χ4n) is 1.83. The third-order valence-corrected chi connectivity index (χ3v) is 3.75. The molecule has 1 aromatic heterocycles. The Bertz CT molecular complexity index is 511. The van der Waals surface area contributed by atoms with Crippen molar-refractivity contribution in [2.45, 2.75) is 26.4 Å². The zero-order valence-electron chi connectivity index (χ0n) is 10.7. The molecule has 0 bridgehead atoms. The fraction of sp³-hybridized carbons (Fsp3) is 0.267. The molecule has 0 amide bonds. The Hall–Kier alpha value is -1.19. The van der Waals surface area contributed by atoms with E-state index in [-0.39, 0.29) is 0 Å². The SMILES string of the molecule is Cc1ccc(CNC(C)c2ccncc2)c(Br)c1. The number of hydrogen-bond donors (Lipinski definition) is 1. The van der Waals surface area contributed by atoms with Gasteiger partial charge in [-0.25, -0.2) is 0 Å². The Morgan fingerprint density at radius 3 is 2.61 bits per heavy atom. The zero-order chi connectivity index (χ0) is 13.0. The molecule has 0 spiro atoms. The Labute approximate surface area is 117 Å². The number of aromatic nitrogens is 1. The highest BCUT2D eigenvalue weighted by atomic mass is 79.9. The first-order valence-corrected chi connectivity index (χ1v) is 6.84. The molecule has 2 aromatic rings. The average Bonchev–Trinajstić information content (AvgIpc) is 2.38. The van der Waals surface area contributed by atoms with E-state index in [1.807, 2.05) is 24.5 Å². The maximum Gasteiger partial charge on any atom is 0.0296 e. The number of rotatable bonds is 4. The highest BCUT2D eigenvalue weighted by Gasteiger charge is 2.05. The van der Waals surface area contributed by atoms with Crippen LogP contribution in [0.2, 0.25) is 0 Å². The van der Waals surface area contributed by atoms with E-state index < -0.39 is 0 Å². The van der Waals surface area contributed by atoms with Gasteiger partial charge < -0.3 is 5.32 Å². The highest BCUT2D eigenvalue weighted by molar-refractivity contribution is 9.10. The van der Waals surface area contributed by atoms with Crippen LogP contribution < -0.4 is 5.32 Å². The molecule has 1 atom stereocenters. The lowest BCUT2D eigenvalue weighted by atomic mass is 10.1. The smallest absolute Gasteiger partial charge is 0.0296 e. The second-order valence-corrected chi connectivity index (χ2v) is 5.33. The van der Waals surface area contributed by atoms with Crippen LogP contribution in [-0.2, 0) is 6.54 Å². The predicted molar refractivity (Wildman–Crippen MR) is 78.4 cm³/mol. The first-order chi connectivity index (χ1) is 8.66. The Balaban J connectivity index is 1.99.